The molecule has 0 bridgehead atoms. The molecule has 0 radical (unpaired) electrons. The van der Waals surface area contributed by atoms with E-state index in [1.165, 1.54) is 0 Å². The molecular formula is C20H34N4OS2Si2. The second-order valence-corrected chi connectivity index (χ2v) is 19.8. The number of thioether (sulfide) groups is 2. The third-order valence-corrected chi connectivity index (χ3v) is 16.2. The third-order valence-electron chi connectivity index (χ3n) is 4.12. The maximum Gasteiger partial charge on any atom is 0.183 e. The molecule has 2 aromatic heterocycles. The van der Waals surface area contributed by atoms with Gasteiger partial charge in [-0.3, -0.25) is 0 Å². The molecule has 160 valence electrons. The first kappa shape index (κ1) is 24.3. The minimum Gasteiger partial charge on any atom is -0.454 e. The van der Waals surface area contributed by atoms with Gasteiger partial charge in [-0.05, 0) is 66.0 Å². The first-order valence-corrected chi connectivity index (χ1v) is 18.1. The average molecular weight is 467 g/mol. The molecule has 0 fully saturated rings. The highest BCUT2D eigenvalue weighted by atomic mass is 32.2. The van der Waals surface area contributed by atoms with Crippen molar-refractivity contribution in [2.75, 3.05) is 10.8 Å². The van der Waals surface area contributed by atoms with Crippen LogP contribution in [0.5, 0.6) is 0 Å². The predicted molar refractivity (Wildman–Crippen MR) is 134 cm³/mol. The molecule has 2 rings (SSSR count). The van der Waals surface area contributed by atoms with Crippen LogP contribution in [0, 0.1) is 13.8 Å². The van der Waals surface area contributed by atoms with Crippen LogP contribution in [0.3, 0.4) is 0 Å². The van der Waals surface area contributed by atoms with Crippen molar-refractivity contribution in [2.45, 2.75) is 64.2 Å². The predicted octanol–water partition coefficient (Wildman–Crippen LogP) is 6.21. The number of nitrogens with one attached hydrogen (secondary N) is 2. The van der Waals surface area contributed by atoms with Gasteiger partial charge in [0.25, 0.3) is 0 Å². The van der Waals surface area contributed by atoms with E-state index in [4.69, 9.17) is 4.12 Å². The first-order valence-electron chi connectivity index (χ1n) is 9.89. The topological polar surface area (TPSA) is 66.6 Å². The van der Waals surface area contributed by atoms with Crippen molar-refractivity contribution in [1.82, 2.24) is 19.9 Å². The summed E-state index contributed by atoms with van der Waals surface area (Å²) < 4.78 is 6.76. The first-order chi connectivity index (χ1) is 13.5. The fourth-order valence-corrected chi connectivity index (χ4v) is 15.1. The molecule has 0 aliphatic rings. The van der Waals surface area contributed by atoms with Crippen molar-refractivity contribution in [3.05, 3.63) is 34.9 Å². The van der Waals surface area contributed by atoms with Crippen LogP contribution < -0.4 is 0 Å². The van der Waals surface area contributed by atoms with E-state index in [-0.39, 0.29) is 0 Å². The second kappa shape index (κ2) is 10.3. The fourth-order valence-electron chi connectivity index (χ4n) is 2.97. The zero-order chi connectivity index (χ0) is 21.7. The molecule has 2 heterocycles. The van der Waals surface area contributed by atoms with Gasteiger partial charge in [0.15, 0.2) is 26.9 Å². The van der Waals surface area contributed by atoms with E-state index in [0.717, 1.165) is 43.8 Å². The minimum absolute atomic E-state index is 0.983. The molecule has 0 aromatic carbocycles. The molecule has 0 spiro atoms. The Hall–Kier alpha value is -1.01. The summed E-state index contributed by atoms with van der Waals surface area (Å²) >= 11 is 3.56. The largest absolute Gasteiger partial charge is 0.454 e. The molecule has 2 aromatic rings. The number of aryl methyl sites for hydroxylation is 2. The Morgan fingerprint density at radius 3 is 1.97 bits per heavy atom. The van der Waals surface area contributed by atoms with Gasteiger partial charge in [0.1, 0.15) is 0 Å². The summed E-state index contributed by atoms with van der Waals surface area (Å²) in [5.41, 5.74) is 4.27. The van der Waals surface area contributed by atoms with Crippen molar-refractivity contribution in [1.29, 1.82) is 0 Å². The van der Waals surface area contributed by atoms with Crippen LogP contribution in [0.4, 0.5) is 0 Å². The van der Waals surface area contributed by atoms with E-state index in [9.17, 15) is 0 Å². The maximum absolute atomic E-state index is 6.76. The molecule has 0 unspecified atom stereocenters. The number of imidazole rings is 2. The smallest absolute Gasteiger partial charge is 0.183 e. The molecule has 0 saturated heterocycles. The zero-order valence-corrected chi connectivity index (χ0v) is 22.5. The zero-order valence-electron chi connectivity index (χ0n) is 18.8. The SMILES string of the molecule is C/C=C\c1nc(SC[Si](C)(C)O[Si](C)(C)CSc2nc(C)c(/C=C\C)[nH]2)[nH]c1C. The molecule has 0 aliphatic heterocycles. The highest BCUT2D eigenvalue weighted by Gasteiger charge is 2.34. The number of allylic oxidation sites excluding steroid dienone is 2. The fraction of sp³-hybridized carbons (Fsp3) is 0.500. The standard InChI is InChI=1S/C20H34N4OS2Si2/c1-9-11-17-15(3)21-19(23-17)26-13-28(5,6)25-29(7,8)14-27-20-22-16(4)18(24-20)12-10-2/h9-12H,13-14H2,1-8H3,(H,21,23)(H,22,24)/b11-9-,12-10-. The van der Waals surface area contributed by atoms with Crippen LogP contribution in [0.2, 0.25) is 26.2 Å². The van der Waals surface area contributed by atoms with Gasteiger partial charge in [-0.2, -0.15) is 0 Å². The molecule has 29 heavy (non-hydrogen) atoms. The molecule has 5 nitrogen and oxygen atoms in total. The second-order valence-electron chi connectivity index (χ2n) is 8.29. The van der Waals surface area contributed by atoms with Crippen molar-refractivity contribution in [2.24, 2.45) is 0 Å². The lowest BCUT2D eigenvalue weighted by Crippen LogP contribution is -2.48. The van der Waals surface area contributed by atoms with Crippen LogP contribution in [-0.4, -0.2) is 47.3 Å². The van der Waals surface area contributed by atoms with Crippen molar-refractivity contribution in [3.63, 3.8) is 0 Å². The molecule has 0 saturated carbocycles. The van der Waals surface area contributed by atoms with Gasteiger partial charge in [-0.25, -0.2) is 9.97 Å². The Balaban J connectivity index is 1.91. The van der Waals surface area contributed by atoms with Crippen molar-refractivity contribution >= 4 is 52.3 Å². The molecule has 0 amide bonds. The van der Waals surface area contributed by atoms with E-state index in [1.54, 1.807) is 23.5 Å². The van der Waals surface area contributed by atoms with E-state index < -0.39 is 16.6 Å². The highest BCUT2D eigenvalue weighted by Crippen LogP contribution is 2.27. The van der Waals surface area contributed by atoms with Crippen LogP contribution in [0.25, 0.3) is 12.2 Å². The summed E-state index contributed by atoms with van der Waals surface area (Å²) in [6.45, 7) is 17.4. The van der Waals surface area contributed by atoms with E-state index in [1.807, 2.05) is 39.0 Å². The van der Waals surface area contributed by atoms with E-state index >= 15 is 0 Å². The van der Waals surface area contributed by atoms with Crippen molar-refractivity contribution in [3.8, 4) is 0 Å². The monoisotopic (exact) mass is 466 g/mol. The summed E-state index contributed by atoms with van der Waals surface area (Å²) in [4.78, 5) is 16.1. The van der Waals surface area contributed by atoms with Crippen LogP contribution in [0.15, 0.2) is 22.5 Å². The number of aromatic nitrogens is 4. The Morgan fingerprint density at radius 2 is 1.41 bits per heavy atom. The summed E-state index contributed by atoms with van der Waals surface area (Å²) in [5, 5.41) is 3.94. The Labute approximate surface area is 185 Å². The summed E-state index contributed by atoms with van der Waals surface area (Å²) in [5.74, 6) is 0. The van der Waals surface area contributed by atoms with Crippen LogP contribution >= 0.6 is 23.5 Å². The summed E-state index contributed by atoms with van der Waals surface area (Å²) in [6, 6.07) is 0. The van der Waals surface area contributed by atoms with Crippen LogP contribution in [-0.2, 0) is 4.12 Å². The molecule has 9 heteroatoms. The van der Waals surface area contributed by atoms with Gasteiger partial charge < -0.3 is 14.1 Å². The Bertz CT molecular complexity index is 802. The van der Waals surface area contributed by atoms with E-state index in [2.05, 4.69) is 59.1 Å². The van der Waals surface area contributed by atoms with Gasteiger partial charge in [-0.1, -0.05) is 35.7 Å². The maximum atomic E-state index is 6.76. The molecular weight excluding hydrogens is 433 g/mol. The number of hydrogen-bond acceptors (Lipinski definition) is 5. The van der Waals surface area contributed by atoms with Crippen molar-refractivity contribution < 1.29 is 4.12 Å². The summed E-state index contributed by atoms with van der Waals surface area (Å²) in [7, 11) is -3.63. The summed E-state index contributed by atoms with van der Waals surface area (Å²) in [6.07, 6.45) is 8.16. The van der Waals surface area contributed by atoms with Crippen LogP contribution in [0.1, 0.15) is 36.6 Å². The Morgan fingerprint density at radius 1 is 0.862 bits per heavy atom. The lowest BCUT2D eigenvalue weighted by molar-refractivity contribution is 0.556. The highest BCUT2D eigenvalue weighted by molar-refractivity contribution is 8.01. The molecule has 0 aliphatic carbocycles. The van der Waals surface area contributed by atoms with Gasteiger partial charge in [0, 0.05) is 16.4 Å². The normalized spacial score (nSPS) is 13.2. The van der Waals surface area contributed by atoms with E-state index in [0.29, 0.717) is 0 Å². The van der Waals surface area contributed by atoms with Gasteiger partial charge in [0.05, 0.1) is 17.1 Å². The third kappa shape index (κ3) is 7.64. The molecule has 2 N–H and O–H groups in total. The minimum atomic E-state index is -1.81. The van der Waals surface area contributed by atoms with Gasteiger partial charge in [-0.15, -0.1) is 0 Å². The lowest BCUT2D eigenvalue weighted by atomic mass is 10.3. The van der Waals surface area contributed by atoms with Gasteiger partial charge in [0.2, 0.25) is 0 Å². The number of nitrogens with zero attached hydrogens (tertiary/aromatic N) is 2. The number of H-pyrrole nitrogens is 2. The van der Waals surface area contributed by atoms with Gasteiger partial charge >= 0.3 is 0 Å². The number of hydrogen-bond donors (Lipinski definition) is 2. The average Bonchev–Trinajstić information content (AvgIpc) is 3.14. The number of rotatable bonds is 10. The lowest BCUT2D eigenvalue weighted by Gasteiger charge is -2.33. The quantitative estimate of drug-likeness (QED) is 0.322. The molecule has 0 atom stereocenters. The number of aromatic amines is 2. The Kier molecular flexibility index (Phi) is 8.65.